The Morgan fingerprint density at radius 1 is 1.30 bits per heavy atom. The number of nitrogens with two attached hydrogens (primary N) is 1. The number of halogens is 1. The Kier molecular flexibility index (Phi) is 8.06. The standard InChI is InChI=1S/C18H23ClN4O4/c1-11(2)18(3,10-20)23-15(24)9-27-16(25)8-14(22-17(21)26)12-4-6-13(19)7-5-12/h4-7,11,14H,8-9H2,1-3H3,(H,23,24)(H3,21,22,26)/t14-,18+/m0/s1. The number of carbonyl (C=O) groups is 3. The molecule has 27 heavy (non-hydrogen) atoms. The number of rotatable bonds is 8. The van der Waals surface area contributed by atoms with Crippen molar-refractivity contribution in [2.75, 3.05) is 6.61 Å². The summed E-state index contributed by atoms with van der Waals surface area (Å²) in [4.78, 5) is 35.2. The van der Waals surface area contributed by atoms with Gasteiger partial charge in [0.15, 0.2) is 6.61 Å². The van der Waals surface area contributed by atoms with Gasteiger partial charge < -0.3 is 21.1 Å². The molecule has 9 heteroatoms. The SMILES string of the molecule is CC(C)[C@@](C)(C#N)NC(=O)COC(=O)C[C@H](NC(N)=O)c1ccc(Cl)cc1. The molecule has 0 aliphatic rings. The van der Waals surface area contributed by atoms with Gasteiger partial charge in [-0.15, -0.1) is 0 Å². The number of benzene rings is 1. The lowest BCUT2D eigenvalue weighted by molar-refractivity contribution is -0.149. The van der Waals surface area contributed by atoms with E-state index in [4.69, 9.17) is 22.1 Å². The largest absolute Gasteiger partial charge is 0.456 e. The van der Waals surface area contributed by atoms with Gasteiger partial charge in [-0.1, -0.05) is 37.6 Å². The molecular weight excluding hydrogens is 372 g/mol. The number of hydrogen-bond acceptors (Lipinski definition) is 5. The van der Waals surface area contributed by atoms with Gasteiger partial charge in [0.05, 0.1) is 18.5 Å². The highest BCUT2D eigenvalue weighted by Crippen LogP contribution is 2.20. The van der Waals surface area contributed by atoms with Crippen molar-refractivity contribution in [3.8, 4) is 6.07 Å². The maximum atomic E-state index is 12.1. The Balaban J connectivity index is 2.66. The third kappa shape index (κ3) is 7.15. The number of esters is 1. The van der Waals surface area contributed by atoms with Crippen molar-refractivity contribution < 1.29 is 19.1 Å². The molecule has 2 atom stereocenters. The molecule has 8 nitrogen and oxygen atoms in total. The van der Waals surface area contributed by atoms with Gasteiger partial charge >= 0.3 is 12.0 Å². The number of nitrogens with one attached hydrogen (secondary N) is 2. The predicted molar refractivity (Wildman–Crippen MR) is 99.5 cm³/mol. The zero-order chi connectivity index (χ0) is 20.6. The van der Waals surface area contributed by atoms with Crippen molar-refractivity contribution in [2.24, 2.45) is 11.7 Å². The second-order valence-electron chi connectivity index (χ2n) is 6.49. The molecule has 0 aromatic heterocycles. The number of carbonyl (C=O) groups excluding carboxylic acids is 3. The fourth-order valence-corrected chi connectivity index (χ4v) is 2.24. The zero-order valence-electron chi connectivity index (χ0n) is 15.4. The predicted octanol–water partition coefficient (Wildman–Crippen LogP) is 2.04. The van der Waals surface area contributed by atoms with Gasteiger partial charge in [-0.25, -0.2) is 4.79 Å². The maximum Gasteiger partial charge on any atom is 0.312 e. The molecule has 4 N–H and O–H groups in total. The summed E-state index contributed by atoms with van der Waals surface area (Å²) in [7, 11) is 0. The van der Waals surface area contributed by atoms with Gasteiger partial charge in [0.2, 0.25) is 0 Å². The summed E-state index contributed by atoms with van der Waals surface area (Å²) in [5.41, 5.74) is 4.69. The Labute approximate surface area is 163 Å². The lowest BCUT2D eigenvalue weighted by Crippen LogP contribution is -2.50. The molecule has 0 spiro atoms. The smallest absolute Gasteiger partial charge is 0.312 e. The van der Waals surface area contributed by atoms with Gasteiger partial charge in [0.25, 0.3) is 5.91 Å². The molecule has 0 aliphatic carbocycles. The maximum absolute atomic E-state index is 12.1. The van der Waals surface area contributed by atoms with E-state index >= 15 is 0 Å². The first-order valence-corrected chi connectivity index (χ1v) is 8.64. The van der Waals surface area contributed by atoms with Crippen LogP contribution in [-0.4, -0.2) is 30.1 Å². The number of primary amides is 1. The van der Waals surface area contributed by atoms with Crippen molar-refractivity contribution in [1.29, 1.82) is 5.26 Å². The highest BCUT2D eigenvalue weighted by atomic mass is 35.5. The van der Waals surface area contributed by atoms with E-state index in [1.807, 2.05) is 6.07 Å². The molecule has 1 rings (SSSR count). The number of nitriles is 1. The van der Waals surface area contributed by atoms with Crippen LogP contribution in [0.1, 0.15) is 38.8 Å². The van der Waals surface area contributed by atoms with Crippen LogP contribution in [0.4, 0.5) is 4.79 Å². The van der Waals surface area contributed by atoms with Crippen LogP contribution >= 0.6 is 11.6 Å². The molecule has 0 radical (unpaired) electrons. The van der Waals surface area contributed by atoms with E-state index in [0.717, 1.165) is 0 Å². The van der Waals surface area contributed by atoms with Crippen molar-refractivity contribution >= 4 is 29.5 Å². The number of amides is 3. The van der Waals surface area contributed by atoms with E-state index in [1.165, 1.54) is 0 Å². The molecule has 1 aromatic carbocycles. The normalized spacial score (nSPS) is 13.8. The van der Waals surface area contributed by atoms with Gasteiger partial charge in [-0.05, 0) is 30.5 Å². The first kappa shape index (κ1) is 22.3. The van der Waals surface area contributed by atoms with Gasteiger partial charge in [-0.3, -0.25) is 9.59 Å². The van der Waals surface area contributed by atoms with Crippen LogP contribution in [0.15, 0.2) is 24.3 Å². The average molecular weight is 395 g/mol. The number of ether oxygens (including phenoxy) is 1. The topological polar surface area (TPSA) is 134 Å². The monoisotopic (exact) mass is 394 g/mol. The van der Waals surface area contributed by atoms with E-state index in [9.17, 15) is 19.6 Å². The van der Waals surface area contributed by atoms with Crippen molar-refractivity contribution in [1.82, 2.24) is 10.6 Å². The third-order valence-corrected chi connectivity index (χ3v) is 4.36. The minimum atomic E-state index is -1.07. The lowest BCUT2D eigenvalue weighted by atomic mass is 9.90. The molecular formula is C18H23ClN4O4. The minimum Gasteiger partial charge on any atom is -0.456 e. The molecule has 0 unspecified atom stereocenters. The Morgan fingerprint density at radius 3 is 2.37 bits per heavy atom. The first-order valence-electron chi connectivity index (χ1n) is 8.26. The Bertz CT molecular complexity index is 730. The molecule has 146 valence electrons. The van der Waals surface area contributed by atoms with Crippen molar-refractivity contribution in [3.63, 3.8) is 0 Å². The van der Waals surface area contributed by atoms with Crippen molar-refractivity contribution in [3.05, 3.63) is 34.9 Å². The first-order chi connectivity index (χ1) is 12.6. The quantitative estimate of drug-likeness (QED) is 0.580. The molecule has 3 amide bonds. The van der Waals surface area contributed by atoms with Gasteiger partial charge in [-0.2, -0.15) is 5.26 Å². The van der Waals surface area contributed by atoms with Crippen molar-refractivity contribution in [2.45, 2.75) is 38.8 Å². The zero-order valence-corrected chi connectivity index (χ0v) is 16.2. The fraction of sp³-hybridized carbons (Fsp3) is 0.444. The number of hydrogen-bond donors (Lipinski definition) is 3. The molecule has 0 heterocycles. The van der Waals surface area contributed by atoms with Crippen LogP contribution in [0, 0.1) is 17.2 Å². The molecule has 0 fully saturated rings. The molecule has 1 aromatic rings. The number of nitrogens with zero attached hydrogens (tertiary/aromatic N) is 1. The number of urea groups is 1. The Morgan fingerprint density at radius 2 is 1.89 bits per heavy atom. The van der Waals surface area contributed by atoms with E-state index in [-0.39, 0.29) is 12.3 Å². The highest BCUT2D eigenvalue weighted by Gasteiger charge is 2.30. The van der Waals surface area contributed by atoms with Crippen LogP contribution in [0.3, 0.4) is 0 Å². The molecule has 0 aliphatic heterocycles. The van der Waals surface area contributed by atoms with E-state index in [2.05, 4.69) is 10.6 Å². The van der Waals surface area contributed by atoms with Crippen LogP contribution in [0.2, 0.25) is 5.02 Å². The third-order valence-electron chi connectivity index (χ3n) is 4.11. The summed E-state index contributed by atoms with van der Waals surface area (Å²) in [6.07, 6.45) is -0.225. The molecule has 0 saturated carbocycles. The van der Waals surface area contributed by atoms with E-state index in [1.54, 1.807) is 45.0 Å². The van der Waals surface area contributed by atoms with E-state index in [0.29, 0.717) is 10.6 Å². The summed E-state index contributed by atoms with van der Waals surface area (Å²) in [6, 6.07) is 7.01. The van der Waals surface area contributed by atoms with Crippen LogP contribution < -0.4 is 16.4 Å². The second kappa shape index (κ2) is 9.78. The Hall–Kier alpha value is -2.79. The molecule has 0 bridgehead atoms. The summed E-state index contributed by atoms with van der Waals surface area (Å²) in [6.45, 7) is 4.64. The van der Waals surface area contributed by atoms with Crippen LogP contribution in [0.25, 0.3) is 0 Å². The van der Waals surface area contributed by atoms with E-state index < -0.39 is 36.1 Å². The second-order valence-corrected chi connectivity index (χ2v) is 6.93. The molecule has 0 saturated heterocycles. The average Bonchev–Trinajstić information content (AvgIpc) is 2.59. The minimum absolute atomic E-state index is 0.129. The summed E-state index contributed by atoms with van der Waals surface area (Å²) in [5, 5.41) is 14.7. The lowest BCUT2D eigenvalue weighted by Gasteiger charge is -2.27. The summed E-state index contributed by atoms with van der Waals surface area (Å²) >= 11 is 5.83. The highest BCUT2D eigenvalue weighted by molar-refractivity contribution is 6.30. The summed E-state index contributed by atoms with van der Waals surface area (Å²) in [5.74, 6) is -1.43. The van der Waals surface area contributed by atoms with Crippen LogP contribution in [0.5, 0.6) is 0 Å². The summed E-state index contributed by atoms with van der Waals surface area (Å²) < 4.78 is 4.95. The van der Waals surface area contributed by atoms with Gasteiger partial charge in [0, 0.05) is 5.02 Å². The van der Waals surface area contributed by atoms with Gasteiger partial charge in [0.1, 0.15) is 5.54 Å². The van der Waals surface area contributed by atoms with Crippen LogP contribution in [-0.2, 0) is 14.3 Å². The fourth-order valence-electron chi connectivity index (χ4n) is 2.12.